The summed E-state index contributed by atoms with van der Waals surface area (Å²) in [6, 6.07) is 0. The molecule has 0 amide bonds. The number of rotatable bonds is 16. The van der Waals surface area contributed by atoms with Gasteiger partial charge in [0, 0.05) is 0 Å². The Morgan fingerprint density at radius 3 is 1.67 bits per heavy atom. The first-order valence-electron chi connectivity index (χ1n) is 10.0. The maximum absolute atomic E-state index is 12.8. The topological polar surface area (TPSA) is 52.6 Å². The van der Waals surface area contributed by atoms with E-state index in [1.54, 1.807) is 6.08 Å². The Morgan fingerprint density at radius 2 is 1.33 bits per heavy atom. The molecule has 4 nitrogen and oxygen atoms in total. The van der Waals surface area contributed by atoms with E-state index in [2.05, 4.69) is 19.7 Å². The third-order valence-corrected chi connectivity index (χ3v) is 4.41. The smallest absolute Gasteiger partial charge is 0.323 e. The highest BCUT2D eigenvalue weighted by Crippen LogP contribution is 2.33. The Hall–Kier alpha value is -1.84. The fourth-order valence-corrected chi connectivity index (χ4v) is 2.89. The predicted octanol–water partition coefficient (Wildman–Crippen LogP) is 5.93. The average Bonchev–Trinajstić information content (AvgIpc) is 2.59. The summed E-state index contributed by atoms with van der Waals surface area (Å²) in [5.74, 6) is -0.988. The van der Waals surface area contributed by atoms with Crippen LogP contribution in [0.3, 0.4) is 0 Å². The first-order chi connectivity index (χ1) is 12.8. The van der Waals surface area contributed by atoms with Gasteiger partial charge in [-0.15, -0.1) is 19.7 Å². The van der Waals surface area contributed by atoms with Crippen molar-refractivity contribution in [2.24, 2.45) is 5.41 Å². The van der Waals surface area contributed by atoms with Crippen LogP contribution in [-0.2, 0) is 19.1 Å². The van der Waals surface area contributed by atoms with Gasteiger partial charge >= 0.3 is 11.9 Å². The van der Waals surface area contributed by atoms with Gasteiger partial charge in [-0.1, -0.05) is 30.6 Å². The number of allylic oxidation sites excluding steroid dienone is 3. The van der Waals surface area contributed by atoms with E-state index in [9.17, 15) is 9.59 Å². The normalized spacial score (nSPS) is 10.9. The molecule has 0 aliphatic rings. The zero-order chi connectivity index (χ0) is 20.7. The van der Waals surface area contributed by atoms with Crippen molar-refractivity contribution in [1.29, 1.82) is 0 Å². The van der Waals surface area contributed by atoms with Crippen LogP contribution in [0.4, 0.5) is 0 Å². The molecule has 0 aliphatic heterocycles. The average molecular weight is 379 g/mol. The molecule has 0 heterocycles. The van der Waals surface area contributed by atoms with E-state index in [-0.39, 0.29) is 6.42 Å². The number of hydrogen-bond donors (Lipinski definition) is 0. The quantitative estimate of drug-likeness (QED) is 0.145. The number of ether oxygens (including phenoxy) is 2. The molecule has 0 radical (unpaired) electrons. The number of unbranched alkanes of at least 4 members (excludes halogenated alkanes) is 2. The third-order valence-electron chi connectivity index (χ3n) is 4.41. The molecular weight excluding hydrogens is 340 g/mol. The Kier molecular flexibility index (Phi) is 13.3. The molecule has 0 saturated heterocycles. The van der Waals surface area contributed by atoms with Crippen molar-refractivity contribution in [3.63, 3.8) is 0 Å². The molecular formula is C23H38O4. The Morgan fingerprint density at radius 1 is 0.889 bits per heavy atom. The van der Waals surface area contributed by atoms with Gasteiger partial charge < -0.3 is 9.47 Å². The highest BCUT2D eigenvalue weighted by Gasteiger charge is 2.47. The fourth-order valence-electron chi connectivity index (χ4n) is 2.89. The van der Waals surface area contributed by atoms with Crippen LogP contribution >= 0.6 is 0 Å². The van der Waals surface area contributed by atoms with Crippen LogP contribution in [0.1, 0.15) is 78.6 Å². The van der Waals surface area contributed by atoms with E-state index in [4.69, 9.17) is 9.47 Å². The predicted molar refractivity (Wildman–Crippen MR) is 111 cm³/mol. The summed E-state index contributed by atoms with van der Waals surface area (Å²) in [5, 5.41) is 0. The Labute approximate surface area is 165 Å². The Balaban J connectivity index is 4.77. The van der Waals surface area contributed by atoms with E-state index >= 15 is 0 Å². The van der Waals surface area contributed by atoms with Gasteiger partial charge in [0.1, 0.15) is 0 Å². The molecule has 0 aromatic carbocycles. The molecule has 0 N–H and O–H groups in total. The highest BCUT2D eigenvalue weighted by molar-refractivity contribution is 6.00. The van der Waals surface area contributed by atoms with Crippen molar-refractivity contribution < 1.29 is 19.1 Å². The van der Waals surface area contributed by atoms with Crippen LogP contribution in [0.2, 0.25) is 0 Å². The summed E-state index contributed by atoms with van der Waals surface area (Å²) in [5.41, 5.74) is 0.950. The molecule has 0 unspecified atom stereocenters. The SMILES string of the molecule is C=CCC(CCC)(C(=O)OCCCCC(=C)C)C(=O)OCCCCC(=C)C. The van der Waals surface area contributed by atoms with Crippen LogP contribution in [-0.4, -0.2) is 25.2 Å². The van der Waals surface area contributed by atoms with Crippen LogP contribution in [0, 0.1) is 5.41 Å². The van der Waals surface area contributed by atoms with Gasteiger partial charge in [0.05, 0.1) is 13.2 Å². The van der Waals surface area contributed by atoms with Crippen molar-refractivity contribution in [1.82, 2.24) is 0 Å². The van der Waals surface area contributed by atoms with Crippen molar-refractivity contribution >= 4 is 11.9 Å². The molecule has 0 atom stereocenters. The van der Waals surface area contributed by atoms with Crippen LogP contribution in [0.25, 0.3) is 0 Å². The number of hydrogen-bond acceptors (Lipinski definition) is 4. The van der Waals surface area contributed by atoms with Crippen LogP contribution in [0.15, 0.2) is 37.0 Å². The van der Waals surface area contributed by atoms with Gasteiger partial charge in [-0.25, -0.2) is 0 Å². The van der Waals surface area contributed by atoms with Crippen molar-refractivity contribution in [3.8, 4) is 0 Å². The lowest BCUT2D eigenvalue weighted by atomic mass is 9.80. The first kappa shape index (κ1) is 25.2. The minimum absolute atomic E-state index is 0.232. The monoisotopic (exact) mass is 378 g/mol. The van der Waals surface area contributed by atoms with E-state index in [0.717, 1.165) is 49.7 Å². The summed E-state index contributed by atoms with van der Waals surface area (Å²) in [6.45, 7) is 18.0. The molecule has 0 aromatic rings. The van der Waals surface area contributed by atoms with Crippen molar-refractivity contribution in [2.45, 2.75) is 78.6 Å². The maximum atomic E-state index is 12.8. The molecule has 4 heteroatoms. The second-order valence-electron chi connectivity index (χ2n) is 7.43. The molecule has 0 aromatic heterocycles. The lowest BCUT2D eigenvalue weighted by molar-refractivity contribution is -0.173. The summed E-state index contributed by atoms with van der Waals surface area (Å²) < 4.78 is 10.9. The van der Waals surface area contributed by atoms with Crippen molar-refractivity contribution in [3.05, 3.63) is 37.0 Å². The molecule has 0 spiro atoms. The molecule has 27 heavy (non-hydrogen) atoms. The molecule has 0 bridgehead atoms. The van der Waals surface area contributed by atoms with Gasteiger partial charge in [-0.05, 0) is 65.2 Å². The van der Waals surface area contributed by atoms with Gasteiger partial charge in [-0.2, -0.15) is 0 Å². The molecule has 0 saturated carbocycles. The van der Waals surface area contributed by atoms with Gasteiger partial charge in [-0.3, -0.25) is 9.59 Å². The standard InChI is InChI=1S/C23H38O4/c1-7-15-23(16-8-2,21(24)26-17-11-9-13-19(3)4)22(25)27-18-12-10-14-20(5)6/h7H,1,3,5,8-18H2,2,4,6H3. The third kappa shape index (κ3) is 10.2. The second kappa shape index (κ2) is 14.2. The first-order valence-corrected chi connectivity index (χ1v) is 10.0. The lowest BCUT2D eigenvalue weighted by Crippen LogP contribution is -2.42. The maximum Gasteiger partial charge on any atom is 0.323 e. The van der Waals surface area contributed by atoms with Crippen LogP contribution < -0.4 is 0 Å². The fraction of sp³-hybridized carbons (Fsp3) is 0.652. The zero-order valence-electron chi connectivity index (χ0n) is 17.6. The molecule has 0 fully saturated rings. The number of carbonyl (C=O) groups excluding carboxylic acids is 2. The molecule has 154 valence electrons. The minimum atomic E-state index is -1.28. The van der Waals surface area contributed by atoms with E-state index < -0.39 is 17.4 Å². The van der Waals surface area contributed by atoms with Gasteiger partial charge in [0.2, 0.25) is 0 Å². The molecule has 0 rings (SSSR count). The summed E-state index contributed by atoms with van der Waals surface area (Å²) in [6.07, 6.45) is 8.08. The lowest BCUT2D eigenvalue weighted by Gasteiger charge is -2.28. The summed E-state index contributed by atoms with van der Waals surface area (Å²) >= 11 is 0. The largest absolute Gasteiger partial charge is 0.465 e. The molecule has 0 aliphatic carbocycles. The van der Waals surface area contributed by atoms with Gasteiger partial charge in [0.25, 0.3) is 0 Å². The number of carbonyl (C=O) groups is 2. The summed E-state index contributed by atoms with van der Waals surface area (Å²) in [4.78, 5) is 25.5. The van der Waals surface area contributed by atoms with E-state index in [1.807, 2.05) is 20.8 Å². The van der Waals surface area contributed by atoms with Crippen LogP contribution in [0.5, 0.6) is 0 Å². The van der Waals surface area contributed by atoms with E-state index in [0.29, 0.717) is 26.1 Å². The zero-order valence-corrected chi connectivity index (χ0v) is 17.6. The minimum Gasteiger partial charge on any atom is -0.465 e. The highest BCUT2D eigenvalue weighted by atomic mass is 16.6. The Bertz CT molecular complexity index is 469. The number of esters is 2. The second-order valence-corrected chi connectivity index (χ2v) is 7.43. The van der Waals surface area contributed by atoms with Gasteiger partial charge in [0.15, 0.2) is 5.41 Å². The summed E-state index contributed by atoms with van der Waals surface area (Å²) in [7, 11) is 0. The van der Waals surface area contributed by atoms with Crippen molar-refractivity contribution in [2.75, 3.05) is 13.2 Å². The van der Waals surface area contributed by atoms with E-state index in [1.165, 1.54) is 0 Å².